The van der Waals surface area contributed by atoms with E-state index in [4.69, 9.17) is 28.4 Å². The fourth-order valence-electron chi connectivity index (χ4n) is 5.96. The average Bonchev–Trinajstić information content (AvgIpc) is 3.86. The number of rotatable bonds is 14. The summed E-state index contributed by atoms with van der Waals surface area (Å²) in [5.74, 6) is 1.32. The number of thiazole rings is 1. The Kier molecular flexibility index (Phi) is 10.7. The zero-order valence-corrected chi connectivity index (χ0v) is 28.7. The highest BCUT2D eigenvalue weighted by molar-refractivity contribution is 7.89. The number of ether oxygens (including phenoxy) is 6. The lowest BCUT2D eigenvalue weighted by molar-refractivity contribution is -0.0907. The summed E-state index contributed by atoms with van der Waals surface area (Å²) in [7, 11) is -4.07. The van der Waals surface area contributed by atoms with Gasteiger partial charge in [-0.15, -0.1) is 11.3 Å². The number of amides is 1. The molecule has 0 bridgehead atoms. The molecule has 2 saturated heterocycles. The lowest BCUT2D eigenvalue weighted by Gasteiger charge is -2.31. The van der Waals surface area contributed by atoms with Gasteiger partial charge in [0.05, 0.1) is 46.9 Å². The van der Waals surface area contributed by atoms with E-state index in [0.29, 0.717) is 36.9 Å². The first kappa shape index (κ1) is 34.4. The molecule has 2 N–H and O–H groups in total. The van der Waals surface area contributed by atoms with Crippen molar-refractivity contribution in [1.82, 2.24) is 14.6 Å². The van der Waals surface area contributed by atoms with E-state index < -0.39 is 40.7 Å². The van der Waals surface area contributed by atoms with Gasteiger partial charge in [0.2, 0.25) is 16.8 Å². The van der Waals surface area contributed by atoms with Crippen molar-refractivity contribution in [3.63, 3.8) is 0 Å². The predicted molar refractivity (Wildman–Crippen MR) is 174 cm³/mol. The molecule has 4 heterocycles. The molecular weight excluding hydrogens is 663 g/mol. The second-order valence-corrected chi connectivity index (χ2v) is 15.5. The normalized spacial score (nSPS) is 21.3. The Morgan fingerprint density at radius 3 is 2.67 bits per heavy atom. The number of fused-ring (bicyclic) bond motifs is 2. The minimum atomic E-state index is -4.07. The molecule has 5 atom stereocenters. The number of aliphatic hydroxyl groups excluding tert-OH is 1. The van der Waals surface area contributed by atoms with E-state index in [1.54, 1.807) is 17.4 Å². The fraction of sp³-hybridized carbons (Fsp3) is 0.515. The third-order valence-electron chi connectivity index (χ3n) is 8.38. The molecule has 0 spiro atoms. The topological polar surface area (TPSA) is 155 Å². The number of hydrogen-bond acceptors (Lipinski definition) is 12. The lowest BCUT2D eigenvalue weighted by atomic mass is 10.0. The van der Waals surface area contributed by atoms with Gasteiger partial charge in [-0.1, -0.05) is 26.0 Å². The van der Waals surface area contributed by atoms with Gasteiger partial charge in [-0.3, -0.25) is 0 Å². The number of aromatic nitrogens is 1. The van der Waals surface area contributed by atoms with Crippen LogP contribution < -0.4 is 19.5 Å². The van der Waals surface area contributed by atoms with Crippen LogP contribution in [0.5, 0.6) is 17.2 Å². The Labute approximate surface area is 284 Å². The van der Waals surface area contributed by atoms with Crippen molar-refractivity contribution in [3.05, 3.63) is 64.1 Å². The molecule has 3 aliphatic rings. The molecule has 13 nitrogen and oxygen atoms in total. The Balaban J connectivity index is 1.18. The first-order chi connectivity index (χ1) is 23.0. The lowest BCUT2D eigenvalue weighted by Crippen LogP contribution is -2.51. The van der Waals surface area contributed by atoms with Gasteiger partial charge < -0.3 is 38.8 Å². The third-order valence-corrected chi connectivity index (χ3v) is 11.0. The number of aliphatic hydroxyl groups is 1. The van der Waals surface area contributed by atoms with E-state index in [1.165, 1.54) is 16.4 Å². The first-order valence-corrected chi connectivity index (χ1v) is 18.3. The number of carbonyl (C=O) groups excluding carboxylic acids is 1. The maximum Gasteiger partial charge on any atom is 0.407 e. The maximum atomic E-state index is 13.9. The van der Waals surface area contributed by atoms with Gasteiger partial charge in [-0.25, -0.2) is 18.2 Å². The Bertz CT molecular complexity index is 1670. The molecule has 2 aromatic carbocycles. The number of aryl methyl sites for hydroxylation is 1. The van der Waals surface area contributed by atoms with Crippen LogP contribution in [-0.4, -0.2) is 86.5 Å². The van der Waals surface area contributed by atoms with Crippen LogP contribution in [0.3, 0.4) is 0 Å². The van der Waals surface area contributed by atoms with Gasteiger partial charge >= 0.3 is 6.09 Å². The molecule has 2 fully saturated rings. The van der Waals surface area contributed by atoms with E-state index in [9.17, 15) is 18.3 Å². The van der Waals surface area contributed by atoms with Crippen LogP contribution in [0.2, 0.25) is 0 Å². The molecule has 15 heteroatoms. The molecule has 48 heavy (non-hydrogen) atoms. The number of benzene rings is 2. The standard InChI is InChI=1S/C33H41N3O10S2/c1-20(2)14-36(48(39,40)25-8-9-29-30(13-25)45-19-44-29)15-28(37)27(35-33(38)46-31-17-43-32-26(31)10-11-41-32)12-22-4-6-24(7-5-22)42-16-23-18-47-21(3)34-23/h4-9,13,18,20,26-28,31-32,37H,10-12,14-17,19H2,1-3H3,(H,35,38). The van der Waals surface area contributed by atoms with Gasteiger partial charge in [0.15, 0.2) is 17.8 Å². The van der Waals surface area contributed by atoms with Crippen molar-refractivity contribution >= 4 is 27.5 Å². The maximum absolute atomic E-state index is 13.9. The van der Waals surface area contributed by atoms with Crippen molar-refractivity contribution in [3.8, 4) is 17.2 Å². The van der Waals surface area contributed by atoms with Gasteiger partial charge in [0.25, 0.3) is 0 Å². The van der Waals surface area contributed by atoms with Crippen molar-refractivity contribution in [2.75, 3.05) is 33.1 Å². The largest absolute Gasteiger partial charge is 0.487 e. The Morgan fingerprint density at radius 1 is 1.12 bits per heavy atom. The van der Waals surface area contributed by atoms with Crippen LogP contribution in [0.4, 0.5) is 4.79 Å². The minimum absolute atomic E-state index is 0.0106. The van der Waals surface area contributed by atoms with E-state index in [-0.39, 0.29) is 49.6 Å². The molecule has 3 aliphatic heterocycles. The second kappa shape index (κ2) is 15.0. The second-order valence-electron chi connectivity index (χ2n) is 12.5. The molecule has 1 amide bonds. The molecule has 3 aromatic rings. The van der Waals surface area contributed by atoms with Crippen molar-refractivity contribution in [1.29, 1.82) is 0 Å². The molecule has 0 radical (unpaired) electrons. The Morgan fingerprint density at radius 2 is 1.92 bits per heavy atom. The van der Waals surface area contributed by atoms with Crippen molar-refractivity contribution in [2.24, 2.45) is 11.8 Å². The van der Waals surface area contributed by atoms with Gasteiger partial charge in [0, 0.05) is 24.5 Å². The number of sulfonamides is 1. The predicted octanol–water partition coefficient (Wildman–Crippen LogP) is 3.87. The summed E-state index contributed by atoms with van der Waals surface area (Å²) in [5, 5.41) is 17.4. The smallest absolute Gasteiger partial charge is 0.407 e. The third kappa shape index (κ3) is 8.21. The highest BCUT2D eigenvalue weighted by atomic mass is 32.2. The van der Waals surface area contributed by atoms with Crippen LogP contribution in [-0.2, 0) is 37.3 Å². The van der Waals surface area contributed by atoms with E-state index in [0.717, 1.165) is 16.3 Å². The van der Waals surface area contributed by atoms with Gasteiger partial charge in [0.1, 0.15) is 18.5 Å². The SMILES string of the molecule is Cc1nc(COc2ccc(CC(NC(=O)OC3COC4OCCC34)C(O)CN(CC(C)C)S(=O)(=O)c3ccc4c(c3)OCO4)cc2)cs1. The number of nitrogens with one attached hydrogen (secondary N) is 1. The fourth-order valence-corrected chi connectivity index (χ4v) is 8.20. The van der Waals surface area contributed by atoms with Crippen LogP contribution in [0.1, 0.15) is 36.5 Å². The summed E-state index contributed by atoms with van der Waals surface area (Å²) in [6, 6.07) is 10.8. The summed E-state index contributed by atoms with van der Waals surface area (Å²) >= 11 is 1.56. The number of nitrogens with zero attached hydrogens (tertiary/aromatic N) is 2. The highest BCUT2D eigenvalue weighted by Crippen LogP contribution is 2.35. The van der Waals surface area contributed by atoms with Crippen LogP contribution in [0, 0.1) is 18.8 Å². The number of alkyl carbamates (subject to hydrolysis) is 1. The minimum Gasteiger partial charge on any atom is -0.487 e. The van der Waals surface area contributed by atoms with Crippen LogP contribution in [0.15, 0.2) is 52.7 Å². The molecule has 5 unspecified atom stereocenters. The Hall–Kier alpha value is -3.47. The van der Waals surface area contributed by atoms with E-state index >= 15 is 0 Å². The van der Waals surface area contributed by atoms with Crippen LogP contribution in [0.25, 0.3) is 0 Å². The summed E-state index contributed by atoms with van der Waals surface area (Å²) in [4.78, 5) is 17.7. The van der Waals surface area contributed by atoms with Crippen molar-refractivity contribution in [2.45, 2.75) is 69.7 Å². The summed E-state index contributed by atoms with van der Waals surface area (Å²) in [5.41, 5.74) is 1.64. The zero-order valence-electron chi connectivity index (χ0n) is 27.1. The molecule has 1 aromatic heterocycles. The van der Waals surface area contributed by atoms with E-state index in [1.807, 2.05) is 50.4 Å². The molecule has 0 aliphatic carbocycles. The number of carbonyl (C=O) groups is 1. The molecule has 0 saturated carbocycles. The van der Waals surface area contributed by atoms with Crippen molar-refractivity contribution < 1.29 is 46.7 Å². The monoisotopic (exact) mass is 703 g/mol. The summed E-state index contributed by atoms with van der Waals surface area (Å²) < 4.78 is 62.6. The molecular formula is C33H41N3O10S2. The van der Waals surface area contributed by atoms with Gasteiger partial charge in [-0.05, 0) is 55.5 Å². The summed E-state index contributed by atoms with van der Waals surface area (Å²) in [6.07, 6.45) is -2.00. The first-order valence-electron chi connectivity index (χ1n) is 16.0. The van der Waals surface area contributed by atoms with Gasteiger partial charge in [-0.2, -0.15) is 4.31 Å². The quantitative estimate of drug-likeness (QED) is 0.252. The average molecular weight is 704 g/mol. The molecule has 260 valence electrons. The van der Waals surface area contributed by atoms with Crippen LogP contribution >= 0.6 is 11.3 Å². The highest BCUT2D eigenvalue weighted by Gasteiger charge is 2.44. The summed E-state index contributed by atoms with van der Waals surface area (Å²) in [6.45, 7) is 6.68. The molecule has 6 rings (SSSR count). The zero-order chi connectivity index (χ0) is 33.8. The number of hydrogen-bond donors (Lipinski definition) is 2. The van der Waals surface area contributed by atoms with E-state index in [2.05, 4.69) is 10.3 Å².